The van der Waals surface area contributed by atoms with E-state index in [0.717, 1.165) is 26.4 Å². The van der Waals surface area contributed by atoms with Crippen molar-refractivity contribution in [2.24, 2.45) is 0 Å². The molecule has 0 saturated carbocycles. The summed E-state index contributed by atoms with van der Waals surface area (Å²) in [6, 6.07) is 13.0. The smallest absolute Gasteiger partial charge is 0.251 e. The van der Waals surface area contributed by atoms with Gasteiger partial charge in [0.05, 0.1) is 22.5 Å². The van der Waals surface area contributed by atoms with Gasteiger partial charge in [-0.3, -0.25) is 14.0 Å². The molecule has 4 rings (SSSR count). The lowest BCUT2D eigenvalue weighted by Gasteiger charge is -2.04. The van der Waals surface area contributed by atoms with Gasteiger partial charge in [0, 0.05) is 43.6 Å². The van der Waals surface area contributed by atoms with E-state index in [1.807, 2.05) is 40.9 Å². The van der Waals surface area contributed by atoms with Crippen molar-refractivity contribution >= 4 is 38.3 Å². The maximum absolute atomic E-state index is 12.2. The van der Waals surface area contributed by atoms with Gasteiger partial charge in [0.2, 0.25) is 0 Å². The molecule has 0 bridgehead atoms. The Labute approximate surface area is 171 Å². The third kappa shape index (κ3) is 3.72. The molecule has 8 heteroatoms. The number of carbonyl (C=O) groups excluding carboxylic acids is 2. The Balaban J connectivity index is 1.62. The standard InChI is InChI=1S/C21H20N4O3S/c1-22-19(26)14-5-3-13(4-6-14)16-12-25-17-8-7-15(20(27)23-9-10-28-2)11-18(17)29-21(25)24-16/h3-8,11-12H,9-10H2,1-2H3,(H,22,26)(H,23,27). The molecule has 0 unspecified atom stereocenters. The van der Waals surface area contributed by atoms with Crippen molar-refractivity contribution in [3.8, 4) is 11.3 Å². The average molecular weight is 408 g/mol. The molecule has 0 atom stereocenters. The van der Waals surface area contributed by atoms with Gasteiger partial charge in [0.25, 0.3) is 11.8 Å². The van der Waals surface area contributed by atoms with Crippen molar-refractivity contribution in [3.05, 3.63) is 59.8 Å². The van der Waals surface area contributed by atoms with Gasteiger partial charge in [-0.05, 0) is 30.3 Å². The summed E-state index contributed by atoms with van der Waals surface area (Å²) in [6.07, 6.45) is 1.97. The molecule has 2 heterocycles. The Kier molecular flexibility index (Phi) is 5.28. The lowest BCUT2D eigenvalue weighted by Crippen LogP contribution is -2.26. The largest absolute Gasteiger partial charge is 0.383 e. The monoisotopic (exact) mass is 408 g/mol. The van der Waals surface area contributed by atoms with E-state index < -0.39 is 0 Å². The SMILES string of the molecule is CNC(=O)c1ccc(-c2cn3c(n2)sc2cc(C(=O)NCCOC)ccc23)cc1. The van der Waals surface area contributed by atoms with E-state index >= 15 is 0 Å². The molecule has 0 saturated heterocycles. The van der Waals surface area contributed by atoms with Gasteiger partial charge in [0.15, 0.2) is 4.96 Å². The fraction of sp³-hybridized carbons (Fsp3) is 0.190. The summed E-state index contributed by atoms with van der Waals surface area (Å²) in [4.78, 5) is 29.5. The van der Waals surface area contributed by atoms with E-state index in [1.165, 1.54) is 11.3 Å². The predicted octanol–water partition coefficient (Wildman–Crippen LogP) is 2.95. The quantitative estimate of drug-likeness (QED) is 0.481. The number of aromatic nitrogens is 2. The van der Waals surface area contributed by atoms with Crippen LogP contribution >= 0.6 is 11.3 Å². The Morgan fingerprint density at radius 3 is 2.59 bits per heavy atom. The van der Waals surface area contributed by atoms with Gasteiger partial charge < -0.3 is 15.4 Å². The number of amides is 2. The Morgan fingerprint density at radius 2 is 1.86 bits per heavy atom. The summed E-state index contributed by atoms with van der Waals surface area (Å²) in [5.74, 6) is -0.234. The lowest BCUT2D eigenvalue weighted by molar-refractivity contribution is 0.0935. The highest BCUT2D eigenvalue weighted by Gasteiger charge is 2.13. The van der Waals surface area contributed by atoms with Crippen LogP contribution in [0, 0.1) is 0 Å². The van der Waals surface area contributed by atoms with Crippen molar-refractivity contribution in [3.63, 3.8) is 0 Å². The number of ether oxygens (including phenoxy) is 1. The summed E-state index contributed by atoms with van der Waals surface area (Å²) in [7, 11) is 3.21. The first-order valence-electron chi connectivity index (χ1n) is 9.12. The molecule has 4 aromatic rings. The summed E-state index contributed by atoms with van der Waals surface area (Å²) < 4.78 is 7.97. The van der Waals surface area contributed by atoms with Crippen molar-refractivity contribution in [1.29, 1.82) is 0 Å². The second kappa shape index (κ2) is 8.02. The van der Waals surface area contributed by atoms with Gasteiger partial charge in [-0.1, -0.05) is 23.5 Å². The first kappa shape index (κ1) is 19.1. The zero-order chi connectivity index (χ0) is 20.4. The van der Waals surface area contributed by atoms with Crippen LogP contribution in [0.1, 0.15) is 20.7 Å². The van der Waals surface area contributed by atoms with Crippen LogP contribution in [0.4, 0.5) is 0 Å². The molecule has 2 amide bonds. The maximum atomic E-state index is 12.2. The fourth-order valence-corrected chi connectivity index (χ4v) is 4.13. The van der Waals surface area contributed by atoms with E-state index in [4.69, 9.17) is 9.72 Å². The number of imidazole rings is 1. The number of benzene rings is 2. The minimum atomic E-state index is -0.119. The topological polar surface area (TPSA) is 84.7 Å². The number of fused-ring (bicyclic) bond motifs is 3. The molecular formula is C21H20N4O3S. The van der Waals surface area contributed by atoms with Crippen LogP contribution in [-0.4, -0.2) is 48.5 Å². The number of carbonyl (C=O) groups is 2. The van der Waals surface area contributed by atoms with Gasteiger partial charge >= 0.3 is 0 Å². The van der Waals surface area contributed by atoms with Gasteiger partial charge in [-0.15, -0.1) is 0 Å². The van der Waals surface area contributed by atoms with E-state index in [9.17, 15) is 9.59 Å². The minimum absolute atomic E-state index is 0.115. The molecule has 2 N–H and O–H groups in total. The number of nitrogens with one attached hydrogen (secondary N) is 2. The highest BCUT2D eigenvalue weighted by atomic mass is 32.1. The van der Waals surface area contributed by atoms with E-state index in [-0.39, 0.29) is 11.8 Å². The fourth-order valence-electron chi connectivity index (χ4n) is 3.09. The molecule has 0 aliphatic heterocycles. The van der Waals surface area contributed by atoms with Crippen molar-refractivity contribution in [2.45, 2.75) is 0 Å². The number of methoxy groups -OCH3 is 1. The molecule has 2 aromatic carbocycles. The molecule has 7 nitrogen and oxygen atoms in total. The molecule has 0 aliphatic carbocycles. The number of nitrogens with zero attached hydrogens (tertiary/aromatic N) is 2. The van der Waals surface area contributed by atoms with E-state index in [2.05, 4.69) is 10.6 Å². The molecule has 0 fully saturated rings. The normalized spacial score (nSPS) is 11.1. The summed E-state index contributed by atoms with van der Waals surface area (Å²) >= 11 is 1.53. The summed E-state index contributed by atoms with van der Waals surface area (Å²) in [6.45, 7) is 0.955. The molecule has 0 aliphatic rings. The second-order valence-electron chi connectivity index (χ2n) is 6.47. The predicted molar refractivity (Wildman–Crippen MR) is 114 cm³/mol. The first-order valence-corrected chi connectivity index (χ1v) is 9.93. The van der Waals surface area contributed by atoms with E-state index in [1.54, 1.807) is 26.3 Å². The van der Waals surface area contributed by atoms with Crippen LogP contribution in [-0.2, 0) is 4.74 Å². The van der Waals surface area contributed by atoms with Crippen LogP contribution < -0.4 is 10.6 Å². The highest BCUT2D eigenvalue weighted by Crippen LogP contribution is 2.30. The Bertz CT molecular complexity index is 1190. The summed E-state index contributed by atoms with van der Waals surface area (Å²) in [5, 5.41) is 5.44. The maximum Gasteiger partial charge on any atom is 0.251 e. The van der Waals surface area contributed by atoms with Crippen LogP contribution in [0.3, 0.4) is 0 Å². The number of thiazole rings is 1. The molecule has 0 radical (unpaired) electrons. The van der Waals surface area contributed by atoms with Crippen LogP contribution in [0.5, 0.6) is 0 Å². The van der Waals surface area contributed by atoms with Gasteiger partial charge in [-0.25, -0.2) is 4.98 Å². The zero-order valence-electron chi connectivity index (χ0n) is 16.1. The van der Waals surface area contributed by atoms with Crippen molar-refractivity contribution < 1.29 is 14.3 Å². The molecule has 0 spiro atoms. The highest BCUT2D eigenvalue weighted by molar-refractivity contribution is 7.23. The summed E-state index contributed by atoms with van der Waals surface area (Å²) in [5.41, 5.74) is 4.00. The third-order valence-electron chi connectivity index (χ3n) is 4.62. The van der Waals surface area contributed by atoms with Gasteiger partial charge in [0.1, 0.15) is 0 Å². The second-order valence-corrected chi connectivity index (χ2v) is 7.48. The molecular weight excluding hydrogens is 388 g/mol. The zero-order valence-corrected chi connectivity index (χ0v) is 16.9. The third-order valence-corrected chi connectivity index (χ3v) is 5.64. The Hall–Kier alpha value is -3.23. The molecule has 2 aromatic heterocycles. The van der Waals surface area contributed by atoms with Gasteiger partial charge in [-0.2, -0.15) is 0 Å². The Morgan fingerprint density at radius 1 is 1.10 bits per heavy atom. The van der Waals surface area contributed by atoms with Crippen LogP contribution in [0.15, 0.2) is 48.7 Å². The van der Waals surface area contributed by atoms with Crippen molar-refractivity contribution in [2.75, 3.05) is 27.3 Å². The molecule has 148 valence electrons. The minimum Gasteiger partial charge on any atom is -0.383 e. The molecule has 29 heavy (non-hydrogen) atoms. The van der Waals surface area contributed by atoms with Crippen molar-refractivity contribution in [1.82, 2.24) is 20.0 Å². The van der Waals surface area contributed by atoms with Crippen LogP contribution in [0.2, 0.25) is 0 Å². The van der Waals surface area contributed by atoms with E-state index in [0.29, 0.717) is 24.3 Å². The van der Waals surface area contributed by atoms with Crippen LogP contribution in [0.25, 0.3) is 26.4 Å². The number of hydrogen-bond acceptors (Lipinski definition) is 5. The first-order chi connectivity index (χ1) is 14.1. The number of rotatable bonds is 6. The average Bonchev–Trinajstić information content (AvgIpc) is 3.31. The lowest BCUT2D eigenvalue weighted by atomic mass is 10.1. The number of hydrogen-bond donors (Lipinski definition) is 2.